The molecule has 170 valence electrons. The number of Topliss-reactive ketones (excluding diaryl/α,β-unsaturated/α-hetero) is 1. The van der Waals surface area contributed by atoms with E-state index in [1.54, 1.807) is 25.1 Å². The standard InChI is InChI=1S/C24H15ClN2O7/c1-13-6-7-14(11-20(13)27(32)33)21(28)12-34-24(31)15-8-9-16-17(10-15)23(30)26(22(16)29)19-5-3-2-4-18(19)25/h2-11H,12H2,1H3. The van der Waals surface area contributed by atoms with E-state index in [1.807, 2.05) is 0 Å². The van der Waals surface area contributed by atoms with Crippen molar-refractivity contribution in [2.24, 2.45) is 0 Å². The van der Waals surface area contributed by atoms with Gasteiger partial charge in [-0.2, -0.15) is 0 Å². The van der Waals surface area contributed by atoms with Gasteiger partial charge in [0.1, 0.15) is 0 Å². The third kappa shape index (κ3) is 4.04. The topological polar surface area (TPSA) is 124 Å². The molecule has 9 nitrogen and oxygen atoms in total. The second-order valence-electron chi connectivity index (χ2n) is 7.42. The summed E-state index contributed by atoms with van der Waals surface area (Å²) in [6.07, 6.45) is 0. The maximum atomic E-state index is 12.9. The number of para-hydroxylation sites is 1. The molecule has 10 heteroatoms. The fourth-order valence-electron chi connectivity index (χ4n) is 3.50. The van der Waals surface area contributed by atoms with Crippen LogP contribution in [0.3, 0.4) is 0 Å². The van der Waals surface area contributed by atoms with Crippen molar-refractivity contribution in [3.8, 4) is 0 Å². The Morgan fingerprint density at radius 1 is 0.971 bits per heavy atom. The lowest BCUT2D eigenvalue weighted by atomic mass is 10.1. The molecule has 0 aliphatic carbocycles. The normalized spacial score (nSPS) is 12.5. The minimum absolute atomic E-state index is 0.000134. The molecule has 0 saturated carbocycles. The molecule has 3 aromatic carbocycles. The number of amides is 2. The Kier molecular flexibility index (Phi) is 5.95. The number of halogens is 1. The first-order valence-corrected chi connectivity index (χ1v) is 10.3. The van der Waals surface area contributed by atoms with Crippen molar-refractivity contribution < 1.29 is 28.8 Å². The SMILES string of the molecule is Cc1ccc(C(=O)COC(=O)c2ccc3c(c2)C(=O)N(c2ccccc2Cl)C3=O)cc1[N+](=O)[O-]. The number of aryl methyl sites for hydroxylation is 1. The van der Waals surface area contributed by atoms with Gasteiger partial charge in [-0.25, -0.2) is 9.69 Å². The minimum atomic E-state index is -0.894. The van der Waals surface area contributed by atoms with Crippen molar-refractivity contribution in [1.82, 2.24) is 0 Å². The zero-order valence-corrected chi connectivity index (χ0v) is 18.4. The average Bonchev–Trinajstić information content (AvgIpc) is 3.07. The molecule has 2 amide bonds. The number of anilines is 1. The number of nitro groups is 1. The maximum absolute atomic E-state index is 12.9. The Morgan fingerprint density at radius 2 is 1.65 bits per heavy atom. The zero-order valence-electron chi connectivity index (χ0n) is 17.6. The van der Waals surface area contributed by atoms with E-state index in [1.165, 1.54) is 36.4 Å². The second-order valence-corrected chi connectivity index (χ2v) is 7.82. The first-order chi connectivity index (χ1) is 16.2. The van der Waals surface area contributed by atoms with Gasteiger partial charge in [0.05, 0.1) is 32.3 Å². The number of nitro benzene ring substituents is 1. The van der Waals surface area contributed by atoms with Gasteiger partial charge in [0.25, 0.3) is 17.5 Å². The van der Waals surface area contributed by atoms with Crippen LogP contribution in [0, 0.1) is 17.0 Å². The molecule has 0 spiro atoms. The number of carbonyl (C=O) groups is 4. The molecule has 0 fully saturated rings. The van der Waals surface area contributed by atoms with Crippen molar-refractivity contribution >= 4 is 46.5 Å². The fourth-order valence-corrected chi connectivity index (χ4v) is 3.72. The summed E-state index contributed by atoms with van der Waals surface area (Å²) in [4.78, 5) is 61.9. The zero-order chi connectivity index (χ0) is 24.6. The third-order valence-electron chi connectivity index (χ3n) is 5.28. The van der Waals surface area contributed by atoms with Crippen molar-refractivity contribution in [3.05, 3.63) is 104 Å². The van der Waals surface area contributed by atoms with E-state index in [-0.39, 0.29) is 38.7 Å². The summed E-state index contributed by atoms with van der Waals surface area (Å²) >= 11 is 6.13. The largest absolute Gasteiger partial charge is 0.454 e. The van der Waals surface area contributed by atoms with Crippen LogP contribution in [-0.2, 0) is 4.74 Å². The summed E-state index contributed by atoms with van der Waals surface area (Å²) in [7, 11) is 0. The van der Waals surface area contributed by atoms with E-state index in [0.717, 1.165) is 11.0 Å². The summed E-state index contributed by atoms with van der Waals surface area (Å²) in [6, 6.07) is 14.2. The molecule has 0 bridgehead atoms. The van der Waals surface area contributed by atoms with E-state index >= 15 is 0 Å². The monoisotopic (exact) mass is 478 g/mol. The van der Waals surface area contributed by atoms with E-state index in [4.69, 9.17) is 16.3 Å². The Balaban J connectivity index is 1.51. The van der Waals surface area contributed by atoms with Crippen LogP contribution >= 0.6 is 11.6 Å². The molecule has 0 radical (unpaired) electrons. The quantitative estimate of drug-likeness (QED) is 0.169. The molecule has 34 heavy (non-hydrogen) atoms. The van der Waals surface area contributed by atoms with Crippen LogP contribution in [0.15, 0.2) is 60.7 Å². The molecule has 3 aromatic rings. The number of rotatable bonds is 6. The number of nitrogens with zero attached hydrogens (tertiary/aromatic N) is 2. The molecule has 0 unspecified atom stereocenters. The number of benzene rings is 3. The lowest BCUT2D eigenvalue weighted by molar-refractivity contribution is -0.385. The van der Waals surface area contributed by atoms with Crippen molar-refractivity contribution in [2.45, 2.75) is 6.92 Å². The second kappa shape index (κ2) is 8.87. The number of ether oxygens (including phenoxy) is 1. The lowest BCUT2D eigenvalue weighted by Gasteiger charge is -2.15. The highest BCUT2D eigenvalue weighted by atomic mass is 35.5. The van der Waals surface area contributed by atoms with Crippen LogP contribution in [0.4, 0.5) is 11.4 Å². The Morgan fingerprint density at radius 3 is 2.35 bits per heavy atom. The first-order valence-electron chi connectivity index (χ1n) is 9.91. The number of hydrogen-bond donors (Lipinski definition) is 0. The van der Waals surface area contributed by atoms with Crippen LogP contribution in [-0.4, -0.2) is 35.1 Å². The van der Waals surface area contributed by atoms with Gasteiger partial charge in [0, 0.05) is 17.2 Å². The number of esters is 1. The van der Waals surface area contributed by atoms with Crippen LogP contribution in [0.1, 0.15) is 47.0 Å². The summed E-state index contributed by atoms with van der Waals surface area (Å²) in [5.74, 6) is -2.75. The fraction of sp³-hybridized carbons (Fsp3) is 0.0833. The highest BCUT2D eigenvalue weighted by molar-refractivity contribution is 6.39. The van der Waals surface area contributed by atoms with Gasteiger partial charge in [0.2, 0.25) is 5.78 Å². The van der Waals surface area contributed by atoms with Gasteiger partial charge in [-0.3, -0.25) is 24.5 Å². The number of fused-ring (bicyclic) bond motifs is 1. The summed E-state index contributed by atoms with van der Waals surface area (Å²) < 4.78 is 5.04. The van der Waals surface area contributed by atoms with Gasteiger partial charge in [-0.05, 0) is 37.3 Å². The van der Waals surface area contributed by atoms with Gasteiger partial charge >= 0.3 is 5.97 Å². The molecule has 0 aromatic heterocycles. The highest BCUT2D eigenvalue weighted by Crippen LogP contribution is 2.33. The summed E-state index contributed by atoms with van der Waals surface area (Å²) in [5.41, 5.74) is 0.476. The van der Waals surface area contributed by atoms with Crippen molar-refractivity contribution in [3.63, 3.8) is 0 Å². The van der Waals surface area contributed by atoms with Crippen LogP contribution in [0.25, 0.3) is 0 Å². The molecule has 0 N–H and O–H groups in total. The van der Waals surface area contributed by atoms with Crippen LogP contribution in [0.5, 0.6) is 0 Å². The smallest absolute Gasteiger partial charge is 0.338 e. The van der Waals surface area contributed by atoms with Gasteiger partial charge in [0.15, 0.2) is 6.61 Å². The average molecular weight is 479 g/mol. The Hall–Kier alpha value is -4.37. The van der Waals surface area contributed by atoms with Crippen LogP contribution in [0.2, 0.25) is 5.02 Å². The number of imide groups is 1. The van der Waals surface area contributed by atoms with E-state index in [2.05, 4.69) is 0 Å². The molecule has 1 heterocycles. The van der Waals surface area contributed by atoms with E-state index < -0.39 is 35.1 Å². The molecule has 0 saturated heterocycles. The summed E-state index contributed by atoms with van der Waals surface area (Å²) in [6.45, 7) is 0.883. The maximum Gasteiger partial charge on any atom is 0.338 e. The highest BCUT2D eigenvalue weighted by Gasteiger charge is 2.38. The van der Waals surface area contributed by atoms with Gasteiger partial charge in [-0.1, -0.05) is 35.9 Å². The van der Waals surface area contributed by atoms with Crippen LogP contribution < -0.4 is 4.90 Å². The van der Waals surface area contributed by atoms with E-state index in [9.17, 15) is 29.3 Å². The predicted octanol–water partition coefficient (Wildman–Crippen LogP) is 4.40. The minimum Gasteiger partial charge on any atom is -0.454 e. The number of hydrogen-bond acceptors (Lipinski definition) is 7. The molecule has 1 aliphatic rings. The van der Waals surface area contributed by atoms with Gasteiger partial charge < -0.3 is 4.74 Å². The first kappa shape index (κ1) is 22.8. The summed E-state index contributed by atoms with van der Waals surface area (Å²) in [5, 5.41) is 11.3. The Bertz CT molecular complexity index is 1400. The molecule has 1 aliphatic heterocycles. The Labute approximate surface area is 197 Å². The molecular weight excluding hydrogens is 464 g/mol. The third-order valence-corrected chi connectivity index (χ3v) is 5.60. The van der Waals surface area contributed by atoms with Crippen molar-refractivity contribution in [1.29, 1.82) is 0 Å². The van der Waals surface area contributed by atoms with E-state index in [0.29, 0.717) is 5.56 Å². The number of carbonyl (C=O) groups excluding carboxylic acids is 4. The molecule has 0 atom stereocenters. The number of ketones is 1. The molecule has 4 rings (SSSR count). The van der Waals surface area contributed by atoms with Crippen molar-refractivity contribution in [2.75, 3.05) is 11.5 Å². The van der Waals surface area contributed by atoms with Gasteiger partial charge in [-0.15, -0.1) is 0 Å². The lowest BCUT2D eigenvalue weighted by Crippen LogP contribution is -2.29. The molecular formula is C24H15ClN2O7. The predicted molar refractivity (Wildman–Crippen MR) is 121 cm³/mol.